The molecule has 138 valence electrons. The number of para-hydroxylation sites is 1. The molecule has 0 saturated carbocycles. The van der Waals surface area contributed by atoms with Gasteiger partial charge in [0.05, 0.1) is 16.4 Å². The van der Waals surface area contributed by atoms with E-state index in [4.69, 9.17) is 4.84 Å². The van der Waals surface area contributed by atoms with Crippen molar-refractivity contribution in [2.75, 3.05) is 7.11 Å². The first-order valence-electron chi connectivity index (χ1n) is 9.34. The lowest BCUT2D eigenvalue weighted by Crippen LogP contribution is -2.25. The van der Waals surface area contributed by atoms with Gasteiger partial charge in [0.15, 0.2) is 0 Å². The van der Waals surface area contributed by atoms with Gasteiger partial charge in [-0.25, -0.2) is 0 Å². The lowest BCUT2D eigenvalue weighted by Gasteiger charge is -2.13. The normalized spacial score (nSPS) is 11.5. The minimum Gasteiger partial charge on any atom is -0.413 e. The van der Waals surface area contributed by atoms with Crippen LogP contribution in [0.1, 0.15) is 11.1 Å². The molecular formula is C24H20N2O2. The minimum absolute atomic E-state index is 0.126. The average Bonchev–Trinajstić information content (AvgIpc) is 3.04. The summed E-state index contributed by atoms with van der Waals surface area (Å²) in [6.07, 6.45) is 0. The number of rotatable bonds is 3. The van der Waals surface area contributed by atoms with Crippen molar-refractivity contribution in [3.8, 4) is 0 Å². The van der Waals surface area contributed by atoms with Crippen LogP contribution in [0.15, 0.2) is 77.6 Å². The lowest BCUT2D eigenvalue weighted by molar-refractivity contribution is 0.170. The predicted octanol–water partition coefficient (Wildman–Crippen LogP) is 4.52. The van der Waals surface area contributed by atoms with Crippen LogP contribution in [0.2, 0.25) is 0 Å². The van der Waals surface area contributed by atoms with Crippen LogP contribution in [0.5, 0.6) is 0 Å². The summed E-state index contributed by atoms with van der Waals surface area (Å²) in [5.74, 6) is 0. The molecule has 0 aliphatic carbocycles. The monoisotopic (exact) mass is 368 g/mol. The highest BCUT2D eigenvalue weighted by Gasteiger charge is 2.20. The van der Waals surface area contributed by atoms with Crippen molar-refractivity contribution in [1.82, 2.24) is 9.30 Å². The average molecular weight is 368 g/mol. The molecule has 0 saturated heterocycles. The number of fused-ring (bicyclic) bond motifs is 5. The number of benzene rings is 3. The predicted molar refractivity (Wildman–Crippen MR) is 114 cm³/mol. The molecule has 0 radical (unpaired) electrons. The van der Waals surface area contributed by atoms with Gasteiger partial charge in [0.1, 0.15) is 7.11 Å². The topological polar surface area (TPSA) is 36.2 Å². The van der Waals surface area contributed by atoms with Crippen LogP contribution in [-0.2, 0) is 6.54 Å². The SMILES string of the molecule is COn1c(=O)c2c3ccccc3n(Cc3ccccc3)c2c2ccc(C)cc21. The smallest absolute Gasteiger partial charge is 0.293 e. The minimum atomic E-state index is -0.126. The maximum Gasteiger partial charge on any atom is 0.293 e. The molecule has 3 aromatic carbocycles. The van der Waals surface area contributed by atoms with Crippen LogP contribution < -0.4 is 10.4 Å². The lowest BCUT2D eigenvalue weighted by atomic mass is 10.1. The van der Waals surface area contributed by atoms with E-state index in [-0.39, 0.29) is 5.56 Å². The number of nitrogens with zero attached hydrogens (tertiary/aromatic N) is 2. The Kier molecular flexibility index (Phi) is 3.72. The van der Waals surface area contributed by atoms with E-state index >= 15 is 0 Å². The summed E-state index contributed by atoms with van der Waals surface area (Å²) in [6, 6.07) is 24.6. The van der Waals surface area contributed by atoms with Crippen molar-refractivity contribution in [3.05, 3.63) is 94.3 Å². The molecule has 2 heterocycles. The number of pyridine rings is 1. The standard InChI is InChI=1S/C24H20N2O2/c1-16-12-13-19-21(14-16)26(28-2)24(27)22-18-10-6-7-11-20(18)25(23(19)22)15-17-8-4-3-5-9-17/h3-14H,15H2,1-2H3. The second-order valence-electron chi connectivity index (χ2n) is 7.12. The molecule has 0 unspecified atom stereocenters. The third kappa shape index (κ3) is 2.34. The molecule has 0 aliphatic rings. The molecule has 0 spiro atoms. The molecule has 0 N–H and O–H groups in total. The Morgan fingerprint density at radius 3 is 2.39 bits per heavy atom. The highest BCUT2D eigenvalue weighted by Crippen LogP contribution is 2.32. The van der Waals surface area contributed by atoms with E-state index in [2.05, 4.69) is 34.9 Å². The van der Waals surface area contributed by atoms with Gasteiger partial charge in [-0.05, 0) is 30.2 Å². The van der Waals surface area contributed by atoms with Crippen LogP contribution in [0, 0.1) is 6.92 Å². The van der Waals surface area contributed by atoms with Gasteiger partial charge in [-0.2, -0.15) is 0 Å². The van der Waals surface area contributed by atoms with Crippen molar-refractivity contribution in [1.29, 1.82) is 0 Å². The Morgan fingerprint density at radius 2 is 1.61 bits per heavy atom. The van der Waals surface area contributed by atoms with E-state index in [0.717, 1.165) is 32.9 Å². The molecule has 5 rings (SSSR count). The van der Waals surface area contributed by atoms with Gasteiger partial charge in [-0.1, -0.05) is 60.7 Å². The maximum absolute atomic E-state index is 13.4. The van der Waals surface area contributed by atoms with Crippen LogP contribution in [0.3, 0.4) is 0 Å². The van der Waals surface area contributed by atoms with E-state index in [1.54, 1.807) is 0 Å². The molecule has 0 aliphatic heterocycles. The number of hydrogen-bond acceptors (Lipinski definition) is 2. The molecule has 4 heteroatoms. The summed E-state index contributed by atoms with van der Waals surface area (Å²) in [7, 11) is 1.54. The van der Waals surface area contributed by atoms with Gasteiger partial charge in [0.25, 0.3) is 5.56 Å². The fourth-order valence-electron chi connectivity index (χ4n) is 4.13. The highest BCUT2D eigenvalue weighted by atomic mass is 16.6. The van der Waals surface area contributed by atoms with Crippen LogP contribution in [0.4, 0.5) is 0 Å². The van der Waals surface area contributed by atoms with Crippen molar-refractivity contribution in [2.45, 2.75) is 13.5 Å². The number of hydrogen-bond donors (Lipinski definition) is 0. The Labute approximate surface area is 162 Å². The summed E-state index contributed by atoms with van der Waals surface area (Å²) < 4.78 is 3.66. The second-order valence-corrected chi connectivity index (χ2v) is 7.12. The summed E-state index contributed by atoms with van der Waals surface area (Å²) in [6.45, 7) is 2.72. The largest absolute Gasteiger partial charge is 0.413 e. The van der Waals surface area contributed by atoms with E-state index in [9.17, 15) is 4.79 Å². The van der Waals surface area contributed by atoms with Gasteiger partial charge in [0, 0.05) is 22.8 Å². The van der Waals surface area contributed by atoms with Gasteiger partial charge in [-0.3, -0.25) is 4.79 Å². The van der Waals surface area contributed by atoms with E-state index in [1.165, 1.54) is 17.4 Å². The molecule has 28 heavy (non-hydrogen) atoms. The Hall–Kier alpha value is -3.53. The van der Waals surface area contributed by atoms with E-state index in [1.807, 2.05) is 49.4 Å². The highest BCUT2D eigenvalue weighted by molar-refractivity contribution is 6.16. The fourth-order valence-corrected chi connectivity index (χ4v) is 4.13. The van der Waals surface area contributed by atoms with E-state index in [0.29, 0.717) is 11.9 Å². The zero-order valence-electron chi connectivity index (χ0n) is 15.8. The molecule has 0 bridgehead atoms. The van der Waals surface area contributed by atoms with Crippen LogP contribution >= 0.6 is 0 Å². The summed E-state index contributed by atoms with van der Waals surface area (Å²) in [4.78, 5) is 18.9. The second kappa shape index (κ2) is 6.27. The van der Waals surface area contributed by atoms with Crippen molar-refractivity contribution in [3.63, 3.8) is 0 Å². The first-order valence-corrected chi connectivity index (χ1v) is 9.34. The van der Waals surface area contributed by atoms with E-state index < -0.39 is 0 Å². The Bertz CT molecular complexity index is 1400. The molecular weight excluding hydrogens is 348 g/mol. The van der Waals surface area contributed by atoms with Crippen molar-refractivity contribution < 1.29 is 4.84 Å². The zero-order chi connectivity index (χ0) is 19.3. The van der Waals surface area contributed by atoms with Crippen LogP contribution in [-0.4, -0.2) is 16.4 Å². The molecule has 4 nitrogen and oxygen atoms in total. The third-order valence-electron chi connectivity index (χ3n) is 5.36. The summed E-state index contributed by atoms with van der Waals surface area (Å²) in [5, 5.41) is 2.66. The van der Waals surface area contributed by atoms with Crippen LogP contribution in [0.25, 0.3) is 32.7 Å². The number of aromatic nitrogens is 2. The number of aryl methyl sites for hydroxylation is 1. The summed E-state index contributed by atoms with van der Waals surface area (Å²) >= 11 is 0. The Balaban J connectivity index is 2.01. The van der Waals surface area contributed by atoms with Gasteiger partial charge in [-0.15, -0.1) is 4.73 Å². The molecule has 0 atom stereocenters. The van der Waals surface area contributed by atoms with Gasteiger partial charge < -0.3 is 9.40 Å². The zero-order valence-corrected chi connectivity index (χ0v) is 15.8. The summed E-state index contributed by atoms with van der Waals surface area (Å²) in [5.41, 5.74) is 4.95. The fraction of sp³-hybridized carbons (Fsp3) is 0.125. The van der Waals surface area contributed by atoms with Gasteiger partial charge >= 0.3 is 0 Å². The van der Waals surface area contributed by atoms with Gasteiger partial charge in [0.2, 0.25) is 0 Å². The molecule has 5 aromatic rings. The van der Waals surface area contributed by atoms with Crippen molar-refractivity contribution >= 4 is 32.7 Å². The quantitative estimate of drug-likeness (QED) is 0.469. The molecule has 2 aromatic heterocycles. The third-order valence-corrected chi connectivity index (χ3v) is 5.36. The maximum atomic E-state index is 13.4. The molecule has 0 amide bonds. The molecule has 0 fully saturated rings. The van der Waals surface area contributed by atoms with Crippen molar-refractivity contribution in [2.24, 2.45) is 0 Å². The first kappa shape index (κ1) is 16.6. The first-order chi connectivity index (χ1) is 13.7. The Morgan fingerprint density at radius 1 is 0.857 bits per heavy atom.